The van der Waals surface area contributed by atoms with Crippen LogP contribution < -0.4 is 29.3 Å². The molecule has 1 aliphatic rings. The van der Waals surface area contributed by atoms with Crippen molar-refractivity contribution in [3.63, 3.8) is 0 Å². The van der Waals surface area contributed by atoms with E-state index in [1.54, 1.807) is 0 Å². The minimum atomic E-state index is -0.0204. The van der Waals surface area contributed by atoms with Gasteiger partial charge in [0.15, 0.2) is 0 Å². The molecular weight excluding hydrogens is 445 g/mol. The van der Waals surface area contributed by atoms with Gasteiger partial charge in [-0.15, -0.1) is 0 Å². The Morgan fingerprint density at radius 3 is 2.71 bits per heavy atom. The molecule has 6 heteroatoms. The molecule has 0 saturated carbocycles. The summed E-state index contributed by atoms with van der Waals surface area (Å²) in [6.07, 6.45) is 1.96. The number of hydrogen-bond acceptors (Lipinski definition) is 1. The van der Waals surface area contributed by atoms with Crippen LogP contribution in [0.5, 0.6) is 0 Å². The van der Waals surface area contributed by atoms with Crippen molar-refractivity contribution in [2.45, 2.75) is 0 Å². The summed E-state index contributed by atoms with van der Waals surface area (Å²) in [4.78, 5) is 14.1. The van der Waals surface area contributed by atoms with Gasteiger partial charge in [0.1, 0.15) is 0 Å². The van der Waals surface area contributed by atoms with E-state index in [-0.39, 0.29) is 30.0 Å². The Morgan fingerprint density at radius 1 is 1.48 bits per heavy atom. The van der Waals surface area contributed by atoms with Crippen LogP contribution in [0.1, 0.15) is 0 Å². The fourth-order valence-electron chi connectivity index (χ4n) is 2.41. The van der Waals surface area contributed by atoms with Crippen LogP contribution in [-0.2, 0) is 0 Å². The van der Waals surface area contributed by atoms with Gasteiger partial charge in [0.2, 0.25) is 0 Å². The molecule has 2 rings (SSSR count). The Morgan fingerprint density at radius 2 is 2.14 bits per heavy atom. The quantitative estimate of drug-likeness (QED) is 0.378. The minimum absolute atomic E-state index is 0. The van der Waals surface area contributed by atoms with E-state index in [9.17, 15) is 4.79 Å². The highest BCUT2D eigenvalue weighted by Gasteiger charge is 2.29. The predicted molar refractivity (Wildman–Crippen MR) is 85.7 cm³/mol. The number of piperazine rings is 1. The molecule has 2 amide bonds. The van der Waals surface area contributed by atoms with Gasteiger partial charge < -0.3 is 38.7 Å². The van der Waals surface area contributed by atoms with Gasteiger partial charge in [0.05, 0.1) is 39.8 Å². The van der Waals surface area contributed by atoms with E-state index < -0.39 is 0 Å². The molecule has 0 spiro atoms. The first-order valence-corrected chi connectivity index (χ1v) is 7.58. The molecule has 1 saturated heterocycles. The number of carbonyl (C=O) groups excluding carboxylic acids is 1. The van der Waals surface area contributed by atoms with Gasteiger partial charge in [-0.3, -0.25) is 0 Å². The zero-order chi connectivity index (χ0) is 14.6. The van der Waals surface area contributed by atoms with Crippen molar-refractivity contribution in [3.05, 3.63) is 41.4 Å². The van der Waals surface area contributed by atoms with E-state index in [1.807, 2.05) is 35.2 Å². The largest absolute Gasteiger partial charge is 1.00 e. The average molecular weight is 466 g/mol. The molecule has 0 aliphatic carbocycles. The van der Waals surface area contributed by atoms with Crippen LogP contribution >= 0.6 is 15.9 Å². The molecule has 21 heavy (non-hydrogen) atoms. The number of rotatable bonds is 3. The van der Waals surface area contributed by atoms with E-state index in [0.29, 0.717) is 0 Å². The lowest BCUT2D eigenvalue weighted by Crippen LogP contribution is -3.00. The number of nitrogens with one attached hydrogen (secondary N) is 1. The van der Waals surface area contributed by atoms with Gasteiger partial charge in [-0.1, -0.05) is 28.6 Å². The maximum atomic E-state index is 12.2. The maximum absolute atomic E-state index is 12.2. The van der Waals surface area contributed by atoms with Gasteiger partial charge in [0, 0.05) is 10.2 Å². The molecule has 0 aromatic heterocycles. The average Bonchev–Trinajstić information content (AvgIpc) is 2.39. The zero-order valence-corrected chi connectivity index (χ0v) is 15.9. The highest BCUT2D eigenvalue weighted by Crippen LogP contribution is 2.17. The molecule has 4 nitrogen and oxygen atoms in total. The van der Waals surface area contributed by atoms with E-state index in [2.05, 4.69) is 34.9 Å². The Balaban J connectivity index is 0.00000220. The fraction of sp³-hybridized carbons (Fsp3) is 0.400. The van der Waals surface area contributed by atoms with Crippen molar-refractivity contribution in [2.75, 3.05) is 45.1 Å². The number of likely N-dealkylation sites (N-methyl/N-ethyl adjacent to an activating group) is 1. The summed E-state index contributed by atoms with van der Waals surface area (Å²) in [5, 5.41) is 2.94. The Kier molecular flexibility index (Phi) is 7.15. The second kappa shape index (κ2) is 8.14. The number of urea groups is 1. The summed E-state index contributed by atoms with van der Waals surface area (Å²) in [7, 11) is 2.21. The number of nitrogens with zero attached hydrogens (tertiary/aromatic N) is 2. The Hall–Kier alpha value is -0.600. The highest BCUT2D eigenvalue weighted by atomic mass is 127. The van der Waals surface area contributed by atoms with Crippen molar-refractivity contribution in [1.29, 1.82) is 0 Å². The zero-order valence-electron chi connectivity index (χ0n) is 12.2. The third kappa shape index (κ3) is 5.27. The Bertz CT molecular complexity index is 501. The summed E-state index contributed by atoms with van der Waals surface area (Å²) < 4.78 is 1.92. The molecule has 0 bridgehead atoms. The first-order chi connectivity index (χ1) is 9.52. The topological polar surface area (TPSA) is 32.3 Å². The van der Waals surface area contributed by atoms with E-state index in [4.69, 9.17) is 0 Å². The lowest BCUT2D eigenvalue weighted by molar-refractivity contribution is -0.907. The molecule has 0 unspecified atom stereocenters. The van der Waals surface area contributed by atoms with E-state index >= 15 is 0 Å². The smallest absolute Gasteiger partial charge is 0.322 e. The van der Waals surface area contributed by atoms with Gasteiger partial charge in [-0.05, 0) is 24.3 Å². The standard InChI is InChI=1S/C15H20BrN3O.HI/c1-3-9-19(2)10-7-18(8-11-19)15(20)17-14-6-4-5-13(16)12-14;/h3-6,12H,1,7-11H2,2H3;1H. The number of carbonyl (C=O) groups is 1. The number of halogens is 2. The van der Waals surface area contributed by atoms with Crippen LogP contribution in [0, 0.1) is 0 Å². The van der Waals surface area contributed by atoms with Crippen LogP contribution in [0.4, 0.5) is 10.5 Å². The molecule has 1 aromatic carbocycles. The van der Waals surface area contributed by atoms with E-state index in [0.717, 1.165) is 47.4 Å². The first-order valence-electron chi connectivity index (χ1n) is 6.78. The lowest BCUT2D eigenvalue weighted by atomic mass is 10.2. The monoisotopic (exact) mass is 465 g/mol. The third-order valence-corrected chi connectivity index (χ3v) is 4.25. The van der Waals surface area contributed by atoms with Crippen molar-refractivity contribution in [1.82, 2.24) is 4.90 Å². The molecular formula is C15H21BrIN3O. The SMILES string of the molecule is C=CC[N+]1(C)CCN(C(=O)Nc2cccc(Br)c2)CC1.[I-]. The molecule has 1 aliphatic heterocycles. The second-order valence-corrected chi connectivity index (χ2v) is 6.38. The number of quaternary nitrogens is 1. The van der Waals surface area contributed by atoms with Crippen molar-refractivity contribution < 1.29 is 33.3 Å². The highest BCUT2D eigenvalue weighted by molar-refractivity contribution is 9.10. The molecule has 1 heterocycles. The summed E-state index contributed by atoms with van der Waals surface area (Å²) in [6, 6.07) is 7.63. The molecule has 116 valence electrons. The second-order valence-electron chi connectivity index (χ2n) is 5.47. The first kappa shape index (κ1) is 18.4. The molecule has 1 N–H and O–H groups in total. The number of benzene rings is 1. The molecule has 1 fully saturated rings. The normalized spacial score (nSPS) is 16.8. The van der Waals surface area contributed by atoms with Gasteiger partial charge in [-0.2, -0.15) is 0 Å². The maximum Gasteiger partial charge on any atom is 0.322 e. The molecule has 0 atom stereocenters. The van der Waals surface area contributed by atoms with Gasteiger partial charge in [0.25, 0.3) is 0 Å². The van der Waals surface area contributed by atoms with E-state index in [1.165, 1.54) is 0 Å². The third-order valence-electron chi connectivity index (χ3n) is 3.75. The van der Waals surface area contributed by atoms with Gasteiger partial charge >= 0.3 is 6.03 Å². The summed E-state index contributed by atoms with van der Waals surface area (Å²) >= 11 is 3.40. The number of hydrogen-bond donors (Lipinski definition) is 1. The predicted octanol–water partition coefficient (Wildman–Crippen LogP) is -0.0668. The summed E-state index contributed by atoms with van der Waals surface area (Å²) in [5.41, 5.74) is 0.818. The summed E-state index contributed by atoms with van der Waals surface area (Å²) in [6.45, 7) is 8.27. The summed E-state index contributed by atoms with van der Waals surface area (Å²) in [5.74, 6) is 0. The molecule has 1 aromatic rings. The van der Waals surface area contributed by atoms with Crippen molar-refractivity contribution in [2.24, 2.45) is 0 Å². The van der Waals surface area contributed by atoms with Crippen molar-refractivity contribution in [3.8, 4) is 0 Å². The van der Waals surface area contributed by atoms with Crippen LogP contribution in [0.2, 0.25) is 0 Å². The van der Waals surface area contributed by atoms with Crippen LogP contribution in [0.15, 0.2) is 41.4 Å². The minimum Gasteiger partial charge on any atom is -1.00 e. The fourth-order valence-corrected chi connectivity index (χ4v) is 2.81. The number of amides is 2. The lowest BCUT2D eigenvalue weighted by Gasteiger charge is -2.41. The van der Waals surface area contributed by atoms with Crippen LogP contribution in [-0.4, -0.2) is 55.2 Å². The van der Waals surface area contributed by atoms with Crippen LogP contribution in [0.3, 0.4) is 0 Å². The van der Waals surface area contributed by atoms with Crippen molar-refractivity contribution >= 4 is 27.6 Å². The van der Waals surface area contributed by atoms with Crippen LogP contribution in [0.25, 0.3) is 0 Å². The molecule has 0 radical (unpaired) electrons. The Labute approximate surface area is 151 Å². The number of anilines is 1. The van der Waals surface area contributed by atoms with Gasteiger partial charge in [-0.25, -0.2) is 4.79 Å².